The van der Waals surface area contributed by atoms with Gasteiger partial charge in [0.25, 0.3) is 0 Å². The van der Waals surface area contributed by atoms with Crippen molar-refractivity contribution in [3.8, 4) is 0 Å². The molecule has 82 valence electrons. The molecule has 1 aromatic rings. The monoisotopic (exact) mass is 212 g/mol. The van der Waals surface area contributed by atoms with Crippen LogP contribution in [0.25, 0.3) is 0 Å². The summed E-state index contributed by atoms with van der Waals surface area (Å²) in [6.07, 6.45) is 11.5. The minimum Gasteiger partial charge on any atom is -0.306 e. The minimum atomic E-state index is 0.438. The highest BCUT2D eigenvalue weighted by molar-refractivity contribution is 5.63. The summed E-state index contributed by atoms with van der Waals surface area (Å²) in [5.74, 6) is 0.438. The molecule has 0 amide bonds. The molecule has 0 bridgehead atoms. The highest BCUT2D eigenvalue weighted by Crippen LogP contribution is 2.08. The molecule has 0 aliphatic heterocycles. The van der Waals surface area contributed by atoms with E-state index >= 15 is 0 Å². The fourth-order valence-corrected chi connectivity index (χ4v) is 1.59. The van der Waals surface area contributed by atoms with Gasteiger partial charge in [-0.2, -0.15) is 5.10 Å². The van der Waals surface area contributed by atoms with Gasteiger partial charge in [0.15, 0.2) is 0 Å². The lowest BCUT2D eigenvalue weighted by Crippen LogP contribution is -2.08. The van der Waals surface area contributed by atoms with Crippen molar-refractivity contribution in [2.75, 3.05) is 0 Å². The van der Waals surface area contributed by atoms with Gasteiger partial charge in [0.05, 0.1) is 6.54 Å². The van der Waals surface area contributed by atoms with Crippen molar-refractivity contribution in [3.05, 3.63) is 60.2 Å². The molecule has 0 spiro atoms. The van der Waals surface area contributed by atoms with Crippen LogP contribution in [-0.2, 0) is 6.54 Å². The molecule has 2 rings (SSSR count). The molecule has 0 heterocycles. The molecule has 1 aromatic carbocycles. The molecule has 0 saturated carbocycles. The molecule has 16 heavy (non-hydrogen) atoms. The first-order chi connectivity index (χ1) is 7.95. The second kappa shape index (κ2) is 5.91. The van der Waals surface area contributed by atoms with Crippen molar-refractivity contribution >= 4 is 6.21 Å². The van der Waals surface area contributed by atoms with Crippen molar-refractivity contribution in [3.63, 3.8) is 0 Å². The molecule has 0 saturated heterocycles. The summed E-state index contributed by atoms with van der Waals surface area (Å²) in [5.41, 5.74) is 4.31. The SMILES string of the molecule is C1=CC[C@@H](/C=N/NCc2ccccc2)C=C1. The first kappa shape index (κ1) is 10.7. The summed E-state index contributed by atoms with van der Waals surface area (Å²) in [6, 6.07) is 10.3. The third kappa shape index (κ3) is 3.39. The van der Waals surface area contributed by atoms with E-state index in [9.17, 15) is 0 Å². The maximum Gasteiger partial charge on any atom is 0.0579 e. The van der Waals surface area contributed by atoms with Gasteiger partial charge in [0.1, 0.15) is 0 Å². The number of nitrogens with one attached hydrogen (secondary N) is 1. The lowest BCUT2D eigenvalue weighted by molar-refractivity contribution is 0.735. The standard InChI is InChI=1S/C14H16N2/c1-3-7-13(8-4-1)11-15-16-12-14-9-5-2-6-10-14/h1-9,12,14-15H,10-11H2/b16-12+/t14-/m0/s1. The fourth-order valence-electron chi connectivity index (χ4n) is 1.59. The van der Waals surface area contributed by atoms with Crippen LogP contribution in [-0.4, -0.2) is 6.21 Å². The van der Waals surface area contributed by atoms with Crippen LogP contribution in [0, 0.1) is 5.92 Å². The van der Waals surface area contributed by atoms with E-state index in [1.165, 1.54) is 5.56 Å². The van der Waals surface area contributed by atoms with Crippen LogP contribution < -0.4 is 5.43 Å². The summed E-state index contributed by atoms with van der Waals surface area (Å²) in [5, 5.41) is 4.23. The van der Waals surface area contributed by atoms with E-state index in [-0.39, 0.29) is 0 Å². The summed E-state index contributed by atoms with van der Waals surface area (Å²) < 4.78 is 0. The van der Waals surface area contributed by atoms with Crippen molar-refractivity contribution in [2.45, 2.75) is 13.0 Å². The van der Waals surface area contributed by atoms with Gasteiger partial charge in [0.2, 0.25) is 0 Å². The molecule has 0 aromatic heterocycles. The Balaban J connectivity index is 1.74. The lowest BCUT2D eigenvalue weighted by Gasteiger charge is -2.06. The Hall–Kier alpha value is -1.83. The van der Waals surface area contributed by atoms with Gasteiger partial charge in [-0.05, 0) is 12.0 Å². The molecule has 1 aliphatic carbocycles. The van der Waals surface area contributed by atoms with E-state index < -0.39 is 0 Å². The fraction of sp³-hybridized carbons (Fsp3) is 0.214. The Bertz CT molecular complexity index is 390. The summed E-state index contributed by atoms with van der Waals surface area (Å²) in [4.78, 5) is 0. The summed E-state index contributed by atoms with van der Waals surface area (Å²) >= 11 is 0. The Kier molecular flexibility index (Phi) is 3.94. The zero-order chi connectivity index (χ0) is 11.1. The summed E-state index contributed by atoms with van der Waals surface area (Å²) in [7, 11) is 0. The van der Waals surface area contributed by atoms with Crippen LogP contribution in [0.2, 0.25) is 0 Å². The molecular weight excluding hydrogens is 196 g/mol. The van der Waals surface area contributed by atoms with Gasteiger partial charge in [-0.1, -0.05) is 54.6 Å². The van der Waals surface area contributed by atoms with Gasteiger partial charge >= 0.3 is 0 Å². The van der Waals surface area contributed by atoms with E-state index in [4.69, 9.17) is 0 Å². The third-order valence-electron chi connectivity index (χ3n) is 2.50. The number of nitrogens with zero attached hydrogens (tertiary/aromatic N) is 1. The predicted octanol–water partition coefficient (Wildman–Crippen LogP) is 2.89. The number of hydrazone groups is 1. The van der Waals surface area contributed by atoms with E-state index in [2.05, 4.69) is 47.0 Å². The average Bonchev–Trinajstić information content (AvgIpc) is 2.37. The van der Waals surface area contributed by atoms with E-state index in [1.54, 1.807) is 0 Å². The van der Waals surface area contributed by atoms with Crippen LogP contribution in [0.1, 0.15) is 12.0 Å². The minimum absolute atomic E-state index is 0.438. The number of rotatable bonds is 4. The Morgan fingerprint density at radius 3 is 2.88 bits per heavy atom. The highest BCUT2D eigenvalue weighted by Gasteiger charge is 1.99. The van der Waals surface area contributed by atoms with Crippen molar-refractivity contribution in [2.24, 2.45) is 11.0 Å². The number of hydrogen-bond donors (Lipinski definition) is 1. The maximum absolute atomic E-state index is 4.23. The maximum atomic E-state index is 4.23. The summed E-state index contributed by atoms with van der Waals surface area (Å²) in [6.45, 7) is 0.781. The second-order valence-electron chi connectivity index (χ2n) is 3.81. The van der Waals surface area contributed by atoms with Crippen LogP contribution in [0.3, 0.4) is 0 Å². The highest BCUT2D eigenvalue weighted by atomic mass is 15.3. The number of allylic oxidation sites excluding steroid dienone is 4. The van der Waals surface area contributed by atoms with Crippen LogP contribution in [0.4, 0.5) is 0 Å². The lowest BCUT2D eigenvalue weighted by atomic mass is 10.0. The molecule has 2 heteroatoms. The van der Waals surface area contributed by atoms with Gasteiger partial charge < -0.3 is 5.43 Å². The molecule has 1 N–H and O–H groups in total. The molecule has 0 radical (unpaired) electrons. The van der Waals surface area contributed by atoms with Gasteiger partial charge in [-0.25, -0.2) is 0 Å². The van der Waals surface area contributed by atoms with Crippen molar-refractivity contribution in [1.82, 2.24) is 5.43 Å². The second-order valence-corrected chi connectivity index (χ2v) is 3.81. The Morgan fingerprint density at radius 1 is 1.25 bits per heavy atom. The smallest absolute Gasteiger partial charge is 0.0579 e. The zero-order valence-electron chi connectivity index (χ0n) is 9.21. The van der Waals surface area contributed by atoms with Crippen LogP contribution in [0.5, 0.6) is 0 Å². The van der Waals surface area contributed by atoms with E-state index in [0.29, 0.717) is 5.92 Å². The topological polar surface area (TPSA) is 24.4 Å². The van der Waals surface area contributed by atoms with Gasteiger partial charge in [-0.15, -0.1) is 0 Å². The quantitative estimate of drug-likeness (QED) is 0.602. The molecule has 1 atom stereocenters. The van der Waals surface area contributed by atoms with E-state index in [0.717, 1.165) is 13.0 Å². The number of hydrogen-bond acceptors (Lipinski definition) is 2. The largest absolute Gasteiger partial charge is 0.306 e. The van der Waals surface area contributed by atoms with Gasteiger partial charge in [0, 0.05) is 12.1 Å². The van der Waals surface area contributed by atoms with Crippen LogP contribution >= 0.6 is 0 Å². The Labute approximate surface area is 96.4 Å². The van der Waals surface area contributed by atoms with Crippen molar-refractivity contribution < 1.29 is 0 Å². The molecular formula is C14H16N2. The number of benzene rings is 1. The molecule has 2 nitrogen and oxygen atoms in total. The van der Waals surface area contributed by atoms with Crippen LogP contribution in [0.15, 0.2) is 59.7 Å². The third-order valence-corrected chi connectivity index (χ3v) is 2.50. The zero-order valence-corrected chi connectivity index (χ0v) is 9.21. The van der Waals surface area contributed by atoms with Crippen molar-refractivity contribution in [1.29, 1.82) is 0 Å². The molecule has 1 aliphatic rings. The first-order valence-electron chi connectivity index (χ1n) is 5.58. The normalized spacial score (nSPS) is 19.1. The average molecular weight is 212 g/mol. The molecule has 0 fully saturated rings. The predicted molar refractivity (Wildman–Crippen MR) is 68.2 cm³/mol. The molecule has 0 unspecified atom stereocenters. The first-order valence-corrected chi connectivity index (χ1v) is 5.58. The van der Waals surface area contributed by atoms with E-state index in [1.807, 2.05) is 24.4 Å². The Morgan fingerprint density at radius 2 is 2.12 bits per heavy atom. The van der Waals surface area contributed by atoms with Gasteiger partial charge in [-0.3, -0.25) is 0 Å².